The average Bonchev–Trinajstić information content (AvgIpc) is 2.54. The highest BCUT2D eigenvalue weighted by atomic mass is 16.5. The molecule has 2 saturated carbocycles. The Balaban J connectivity index is 1.47. The van der Waals surface area contributed by atoms with Crippen LogP contribution >= 0.6 is 0 Å². The van der Waals surface area contributed by atoms with Gasteiger partial charge in [0.15, 0.2) is 0 Å². The molecular formula is C20H38O. The fraction of sp³-hybridized carbons (Fsp3) is 1.00. The quantitative estimate of drug-likeness (QED) is 0.473. The van der Waals surface area contributed by atoms with E-state index in [1.54, 1.807) is 0 Å². The van der Waals surface area contributed by atoms with Gasteiger partial charge in [-0.3, -0.25) is 0 Å². The molecule has 0 aliphatic heterocycles. The first-order chi connectivity index (χ1) is 10.3. The minimum absolute atomic E-state index is 0.592. The molecule has 0 aromatic rings. The van der Waals surface area contributed by atoms with Gasteiger partial charge in [0, 0.05) is 6.61 Å². The minimum Gasteiger partial charge on any atom is -0.378 e. The fourth-order valence-electron chi connectivity index (χ4n) is 4.55. The molecule has 0 heterocycles. The van der Waals surface area contributed by atoms with Crippen molar-refractivity contribution in [2.75, 3.05) is 6.61 Å². The lowest BCUT2D eigenvalue weighted by atomic mass is 9.79. The molecule has 0 N–H and O–H groups in total. The van der Waals surface area contributed by atoms with Gasteiger partial charge >= 0.3 is 0 Å². The Morgan fingerprint density at radius 2 is 1.29 bits per heavy atom. The Morgan fingerprint density at radius 3 is 1.90 bits per heavy atom. The Morgan fingerprint density at radius 1 is 0.714 bits per heavy atom. The van der Waals surface area contributed by atoms with Gasteiger partial charge in [0.2, 0.25) is 0 Å². The molecule has 0 saturated heterocycles. The highest BCUT2D eigenvalue weighted by Gasteiger charge is 2.22. The second kappa shape index (κ2) is 9.87. The largest absolute Gasteiger partial charge is 0.378 e. The molecule has 0 radical (unpaired) electrons. The van der Waals surface area contributed by atoms with Crippen LogP contribution in [0.2, 0.25) is 0 Å². The zero-order valence-electron chi connectivity index (χ0n) is 14.6. The van der Waals surface area contributed by atoms with Gasteiger partial charge < -0.3 is 4.74 Å². The van der Waals surface area contributed by atoms with Crippen LogP contribution < -0.4 is 0 Å². The highest BCUT2D eigenvalue weighted by molar-refractivity contribution is 4.74. The van der Waals surface area contributed by atoms with Crippen molar-refractivity contribution in [3.63, 3.8) is 0 Å². The average molecular weight is 295 g/mol. The summed E-state index contributed by atoms with van der Waals surface area (Å²) in [4.78, 5) is 0. The standard InChI is InChI=1S/C20H38O/c1-3-6-18-12-14-20(15-13-18)21-16-5-7-19-10-8-17(4-2)9-11-19/h17-20H,3-16H2,1-2H3/t17-,18-,19-,20-. The molecule has 0 atom stereocenters. The van der Waals surface area contributed by atoms with Crippen LogP contribution in [0.15, 0.2) is 0 Å². The summed E-state index contributed by atoms with van der Waals surface area (Å²) in [6.07, 6.45) is 18.9. The molecule has 0 unspecified atom stereocenters. The zero-order chi connectivity index (χ0) is 14.9. The van der Waals surface area contributed by atoms with E-state index in [0.717, 1.165) is 24.4 Å². The maximum atomic E-state index is 6.14. The molecule has 0 aromatic heterocycles. The second-order valence-corrected chi connectivity index (χ2v) is 7.74. The molecule has 0 aromatic carbocycles. The molecule has 124 valence electrons. The van der Waals surface area contributed by atoms with E-state index in [4.69, 9.17) is 4.74 Å². The maximum Gasteiger partial charge on any atom is 0.0575 e. The summed E-state index contributed by atoms with van der Waals surface area (Å²) in [5.41, 5.74) is 0. The summed E-state index contributed by atoms with van der Waals surface area (Å²) in [6, 6.07) is 0. The first kappa shape index (κ1) is 17.3. The van der Waals surface area contributed by atoms with E-state index in [0.29, 0.717) is 6.10 Å². The summed E-state index contributed by atoms with van der Waals surface area (Å²) in [5, 5.41) is 0. The summed E-state index contributed by atoms with van der Waals surface area (Å²) in [5.74, 6) is 3.05. The van der Waals surface area contributed by atoms with Gasteiger partial charge in [-0.15, -0.1) is 0 Å². The van der Waals surface area contributed by atoms with Crippen molar-refractivity contribution in [1.29, 1.82) is 0 Å². The molecule has 1 heteroatoms. The van der Waals surface area contributed by atoms with Gasteiger partial charge in [0.05, 0.1) is 6.10 Å². The number of hydrogen-bond acceptors (Lipinski definition) is 1. The van der Waals surface area contributed by atoms with E-state index in [-0.39, 0.29) is 0 Å². The van der Waals surface area contributed by atoms with Crippen LogP contribution in [-0.2, 0) is 4.74 Å². The van der Waals surface area contributed by atoms with Crippen molar-refractivity contribution >= 4 is 0 Å². The van der Waals surface area contributed by atoms with E-state index in [9.17, 15) is 0 Å². The second-order valence-electron chi connectivity index (χ2n) is 7.74. The maximum absolute atomic E-state index is 6.14. The minimum atomic E-state index is 0.592. The predicted octanol–water partition coefficient (Wildman–Crippen LogP) is 6.36. The third-order valence-electron chi connectivity index (χ3n) is 6.14. The van der Waals surface area contributed by atoms with Crippen LogP contribution in [0.25, 0.3) is 0 Å². The molecule has 2 aliphatic rings. The molecular weight excluding hydrogens is 256 g/mol. The Hall–Kier alpha value is -0.0400. The van der Waals surface area contributed by atoms with E-state index in [2.05, 4.69) is 13.8 Å². The van der Waals surface area contributed by atoms with Gasteiger partial charge in [-0.1, -0.05) is 58.8 Å². The van der Waals surface area contributed by atoms with Crippen molar-refractivity contribution in [2.45, 2.75) is 103 Å². The van der Waals surface area contributed by atoms with Crippen molar-refractivity contribution in [1.82, 2.24) is 0 Å². The summed E-state index contributed by atoms with van der Waals surface area (Å²) in [7, 11) is 0. The molecule has 0 amide bonds. The molecule has 0 spiro atoms. The third-order valence-corrected chi connectivity index (χ3v) is 6.14. The van der Waals surface area contributed by atoms with Crippen LogP contribution in [0.4, 0.5) is 0 Å². The van der Waals surface area contributed by atoms with Crippen molar-refractivity contribution in [2.24, 2.45) is 17.8 Å². The van der Waals surface area contributed by atoms with Crippen LogP contribution in [0.3, 0.4) is 0 Å². The smallest absolute Gasteiger partial charge is 0.0575 e. The van der Waals surface area contributed by atoms with Gasteiger partial charge in [-0.25, -0.2) is 0 Å². The number of rotatable bonds is 8. The van der Waals surface area contributed by atoms with Crippen molar-refractivity contribution in [3.8, 4) is 0 Å². The zero-order valence-corrected chi connectivity index (χ0v) is 14.6. The normalized spacial score (nSPS) is 34.0. The van der Waals surface area contributed by atoms with E-state index >= 15 is 0 Å². The van der Waals surface area contributed by atoms with Crippen LogP contribution in [0.1, 0.15) is 97.3 Å². The summed E-state index contributed by atoms with van der Waals surface area (Å²) in [6.45, 7) is 5.70. The van der Waals surface area contributed by atoms with Gasteiger partial charge in [0.1, 0.15) is 0 Å². The molecule has 0 bridgehead atoms. The monoisotopic (exact) mass is 294 g/mol. The van der Waals surface area contributed by atoms with Crippen LogP contribution in [0, 0.1) is 17.8 Å². The number of hydrogen-bond donors (Lipinski definition) is 0. The first-order valence-corrected chi connectivity index (χ1v) is 9.93. The Kier molecular flexibility index (Phi) is 8.14. The van der Waals surface area contributed by atoms with Gasteiger partial charge in [-0.2, -0.15) is 0 Å². The Labute approximate surface area is 133 Å². The van der Waals surface area contributed by atoms with E-state index in [1.165, 1.54) is 83.5 Å². The molecule has 2 fully saturated rings. The predicted molar refractivity (Wildman–Crippen MR) is 91.6 cm³/mol. The van der Waals surface area contributed by atoms with E-state index < -0.39 is 0 Å². The fourth-order valence-corrected chi connectivity index (χ4v) is 4.55. The van der Waals surface area contributed by atoms with Gasteiger partial charge in [-0.05, 0) is 56.3 Å². The third kappa shape index (κ3) is 6.30. The first-order valence-electron chi connectivity index (χ1n) is 9.93. The highest BCUT2D eigenvalue weighted by Crippen LogP contribution is 2.33. The lowest BCUT2D eigenvalue weighted by Crippen LogP contribution is -2.22. The summed E-state index contributed by atoms with van der Waals surface area (Å²) < 4.78 is 6.14. The van der Waals surface area contributed by atoms with Crippen molar-refractivity contribution in [3.05, 3.63) is 0 Å². The SMILES string of the molecule is CCC[C@H]1CC[C@H](OCCC[C@H]2CC[C@H](CC)CC2)CC1. The van der Waals surface area contributed by atoms with Gasteiger partial charge in [0.25, 0.3) is 0 Å². The lowest BCUT2D eigenvalue weighted by molar-refractivity contribution is 0.0133. The van der Waals surface area contributed by atoms with Crippen LogP contribution in [0.5, 0.6) is 0 Å². The lowest BCUT2D eigenvalue weighted by Gasteiger charge is -2.29. The molecule has 1 nitrogen and oxygen atoms in total. The van der Waals surface area contributed by atoms with E-state index in [1.807, 2.05) is 0 Å². The molecule has 21 heavy (non-hydrogen) atoms. The summed E-state index contributed by atoms with van der Waals surface area (Å²) >= 11 is 0. The number of ether oxygens (including phenoxy) is 1. The van der Waals surface area contributed by atoms with Crippen LogP contribution in [-0.4, -0.2) is 12.7 Å². The molecule has 2 rings (SSSR count). The van der Waals surface area contributed by atoms with Crippen molar-refractivity contribution < 1.29 is 4.74 Å². The topological polar surface area (TPSA) is 9.23 Å². The molecule has 2 aliphatic carbocycles. The Bertz CT molecular complexity index is 247.